The van der Waals surface area contributed by atoms with Gasteiger partial charge in [0.15, 0.2) is 6.10 Å². The fraction of sp³-hybridized carbons (Fsp3) is 0.333. The lowest BCUT2D eigenvalue weighted by Gasteiger charge is -2.51. The van der Waals surface area contributed by atoms with Gasteiger partial charge in [-0.25, -0.2) is 0 Å². The van der Waals surface area contributed by atoms with Crippen LogP contribution in [0.2, 0.25) is 0 Å². The quantitative estimate of drug-likeness (QED) is 0.248. The summed E-state index contributed by atoms with van der Waals surface area (Å²) in [7, 11) is 0. The third-order valence-electron chi connectivity index (χ3n) is 7.48. The first-order valence-corrected chi connectivity index (χ1v) is 14.1. The lowest BCUT2D eigenvalue weighted by Crippen LogP contribution is -2.65. The van der Waals surface area contributed by atoms with Gasteiger partial charge in [0.2, 0.25) is 5.78 Å². The summed E-state index contributed by atoms with van der Waals surface area (Å²) in [6.07, 6.45) is -3.09. The standard InChI is InChI=1S/C17H22NO3.C14H13NO.C2HF3O2/c1-13(19)21-17-12-18(9-7-15(17)8-10-18)11-16(20)14-5-3-2-4-6-14;1-11-6-5-9-13(10-11)15-14(16)12-7-3-2-4-8-12;3-2(4,5)1(6)7/h2-6,15,17H,7-12H2,1H3;2-10H,1H3,(H,15,16);(H,6,7)/q+1;;/p-1/t15?,17-,18?;;/m0../s1. The summed E-state index contributed by atoms with van der Waals surface area (Å²) in [5.41, 5.74) is 3.41. The van der Waals surface area contributed by atoms with Crippen LogP contribution in [-0.2, 0) is 14.3 Å². The Kier molecular flexibility index (Phi) is 11.8. The number of hydrogen-bond donors (Lipinski definition) is 1. The molecule has 3 aromatic carbocycles. The van der Waals surface area contributed by atoms with Gasteiger partial charge in [0.05, 0.1) is 13.1 Å². The molecule has 0 aliphatic carbocycles. The van der Waals surface area contributed by atoms with Crippen molar-refractivity contribution in [2.75, 3.05) is 31.5 Å². The number of carbonyl (C=O) groups excluding carboxylic acids is 4. The maximum absolute atomic E-state index is 12.5. The molecule has 0 radical (unpaired) electrons. The van der Waals surface area contributed by atoms with Gasteiger partial charge in [-0.05, 0) is 36.8 Å². The lowest BCUT2D eigenvalue weighted by atomic mass is 9.83. The van der Waals surface area contributed by atoms with Crippen molar-refractivity contribution in [2.45, 2.75) is 39.0 Å². The molecule has 3 fully saturated rings. The van der Waals surface area contributed by atoms with Crippen LogP contribution in [0.25, 0.3) is 0 Å². The summed E-state index contributed by atoms with van der Waals surface area (Å²) < 4.78 is 37.8. The highest BCUT2D eigenvalue weighted by molar-refractivity contribution is 6.04. The van der Waals surface area contributed by atoms with Crippen LogP contribution in [-0.4, -0.2) is 66.6 Å². The fourth-order valence-corrected chi connectivity index (χ4v) is 5.33. The zero-order chi connectivity index (χ0) is 32.3. The number of benzene rings is 3. The largest absolute Gasteiger partial charge is 0.542 e. The van der Waals surface area contributed by atoms with Gasteiger partial charge in [-0.3, -0.25) is 14.4 Å². The van der Waals surface area contributed by atoms with Crippen molar-refractivity contribution >= 4 is 29.3 Å². The van der Waals surface area contributed by atoms with Crippen LogP contribution in [0, 0.1) is 12.8 Å². The number of piperidine rings is 3. The number of nitrogens with one attached hydrogen (secondary N) is 1. The minimum absolute atomic E-state index is 0.00595. The molecule has 6 rings (SSSR count). The highest BCUT2D eigenvalue weighted by atomic mass is 19.4. The smallest absolute Gasteiger partial charge is 0.430 e. The van der Waals surface area contributed by atoms with Crippen LogP contribution in [0.5, 0.6) is 0 Å². The van der Waals surface area contributed by atoms with Crippen LogP contribution in [0.1, 0.15) is 46.0 Å². The summed E-state index contributed by atoms with van der Waals surface area (Å²) in [6, 6.07) is 26.4. The van der Waals surface area contributed by atoms with Crippen molar-refractivity contribution in [3.8, 4) is 0 Å². The van der Waals surface area contributed by atoms with Crippen molar-refractivity contribution in [1.82, 2.24) is 0 Å². The number of hydrogen-bond acceptors (Lipinski definition) is 6. The first-order valence-electron chi connectivity index (χ1n) is 14.1. The van der Waals surface area contributed by atoms with Gasteiger partial charge in [0.1, 0.15) is 19.1 Å². The zero-order valence-corrected chi connectivity index (χ0v) is 24.5. The van der Waals surface area contributed by atoms with Gasteiger partial charge >= 0.3 is 12.1 Å². The Morgan fingerprint density at radius 3 is 1.93 bits per heavy atom. The number of rotatable bonds is 6. The molecule has 0 aromatic heterocycles. The molecule has 0 saturated carbocycles. The average Bonchev–Trinajstić information content (AvgIpc) is 2.98. The Morgan fingerprint density at radius 1 is 0.886 bits per heavy atom. The summed E-state index contributed by atoms with van der Waals surface area (Å²) in [5.74, 6) is -2.61. The number of Topliss-reactive ketones (excluding diaryl/α,β-unsaturated/α-hetero) is 1. The first-order chi connectivity index (χ1) is 20.8. The molecule has 3 aliphatic heterocycles. The van der Waals surface area contributed by atoms with E-state index in [-0.39, 0.29) is 23.8 Å². The Bertz CT molecular complexity index is 1420. The summed E-state index contributed by atoms with van der Waals surface area (Å²) in [6.45, 7) is 6.84. The number of anilines is 1. The van der Waals surface area contributed by atoms with Gasteiger partial charge in [-0.15, -0.1) is 0 Å². The Balaban J connectivity index is 0.000000203. The van der Waals surface area contributed by atoms with E-state index in [1.54, 1.807) is 12.1 Å². The van der Waals surface area contributed by atoms with Crippen molar-refractivity contribution in [1.29, 1.82) is 0 Å². The molecule has 1 amide bonds. The highest BCUT2D eigenvalue weighted by Gasteiger charge is 2.48. The fourth-order valence-electron chi connectivity index (χ4n) is 5.33. The average molecular weight is 613 g/mol. The number of carboxylic acid groups (broad SMARTS) is 1. The molecule has 3 saturated heterocycles. The van der Waals surface area contributed by atoms with E-state index in [4.69, 9.17) is 14.6 Å². The molecule has 2 bridgehead atoms. The van der Waals surface area contributed by atoms with Crippen molar-refractivity contribution < 1.29 is 46.7 Å². The van der Waals surface area contributed by atoms with E-state index < -0.39 is 12.1 Å². The molecule has 1 atom stereocenters. The van der Waals surface area contributed by atoms with Gasteiger partial charge in [-0.1, -0.05) is 60.7 Å². The second-order valence-electron chi connectivity index (χ2n) is 10.9. The van der Waals surface area contributed by atoms with E-state index >= 15 is 0 Å². The predicted octanol–water partition coefficient (Wildman–Crippen LogP) is 4.59. The summed E-state index contributed by atoms with van der Waals surface area (Å²) >= 11 is 0. The number of carboxylic acids is 1. The number of carbonyl (C=O) groups is 4. The first kappa shape index (κ1) is 34.0. The van der Waals surface area contributed by atoms with Crippen molar-refractivity contribution in [3.63, 3.8) is 0 Å². The van der Waals surface area contributed by atoms with Gasteiger partial charge in [-0.2, -0.15) is 13.2 Å². The van der Waals surface area contributed by atoms with Crippen LogP contribution in [0.15, 0.2) is 84.9 Å². The molecule has 3 aromatic rings. The van der Waals surface area contributed by atoms with Crippen LogP contribution in [0.3, 0.4) is 0 Å². The van der Waals surface area contributed by atoms with Gasteiger partial charge < -0.3 is 24.4 Å². The van der Waals surface area contributed by atoms with E-state index in [1.165, 1.54) is 6.92 Å². The molecule has 8 nitrogen and oxygen atoms in total. The van der Waals surface area contributed by atoms with Crippen molar-refractivity contribution in [2.24, 2.45) is 5.92 Å². The number of esters is 1. The van der Waals surface area contributed by atoms with Crippen molar-refractivity contribution in [3.05, 3.63) is 102 Å². The SMILES string of the molecule is CC(=O)O[C@H]1C[N+]2(CC(=O)c3ccccc3)CCC1CC2.Cc1cccc(NC(=O)c2ccccc2)c1.O=C([O-])C(F)(F)F. The number of alkyl halides is 3. The van der Waals surface area contributed by atoms with Crippen LogP contribution in [0.4, 0.5) is 18.9 Å². The second-order valence-corrected chi connectivity index (χ2v) is 10.9. The van der Waals surface area contributed by atoms with Crippen LogP contribution >= 0.6 is 0 Å². The number of ketones is 1. The van der Waals surface area contributed by atoms with E-state index in [9.17, 15) is 27.6 Å². The lowest BCUT2D eigenvalue weighted by molar-refractivity contribution is -0.938. The maximum Gasteiger partial charge on any atom is 0.430 e. The number of amides is 1. The molecular formula is C33H35F3N2O6. The molecule has 234 valence electrons. The molecule has 0 spiro atoms. The predicted molar refractivity (Wildman–Crippen MR) is 155 cm³/mol. The Morgan fingerprint density at radius 2 is 1.43 bits per heavy atom. The molecule has 0 unspecified atom stereocenters. The molecular weight excluding hydrogens is 577 g/mol. The van der Waals surface area contributed by atoms with E-state index in [1.807, 2.05) is 79.7 Å². The monoisotopic (exact) mass is 612 g/mol. The summed E-state index contributed by atoms with van der Waals surface area (Å²) in [5, 5.41) is 11.6. The Hall–Kier alpha value is -4.51. The molecule has 1 N–H and O–H groups in total. The molecule has 44 heavy (non-hydrogen) atoms. The number of nitrogens with zero attached hydrogens (tertiary/aromatic N) is 1. The number of quaternary nitrogens is 1. The minimum atomic E-state index is -5.19. The third-order valence-corrected chi connectivity index (χ3v) is 7.48. The minimum Gasteiger partial charge on any atom is -0.542 e. The number of aliphatic carboxylic acids is 1. The highest BCUT2D eigenvalue weighted by Crippen LogP contribution is 2.35. The zero-order valence-electron chi connectivity index (χ0n) is 24.5. The molecule has 3 heterocycles. The number of ether oxygens (including phenoxy) is 1. The van der Waals surface area contributed by atoms with Gasteiger partial charge in [0.25, 0.3) is 5.91 Å². The van der Waals surface area contributed by atoms with Gasteiger partial charge in [0, 0.05) is 42.5 Å². The number of fused-ring (bicyclic) bond motifs is 3. The molecule has 3 aliphatic rings. The van der Waals surface area contributed by atoms with Crippen LogP contribution < -0.4 is 10.4 Å². The third kappa shape index (κ3) is 10.3. The second kappa shape index (κ2) is 15.3. The number of halogens is 3. The number of aryl methyl sites for hydroxylation is 1. The Labute approximate surface area is 254 Å². The maximum atomic E-state index is 12.5. The van der Waals surface area contributed by atoms with E-state index in [0.717, 1.165) is 53.8 Å². The van der Waals surface area contributed by atoms with E-state index in [0.29, 0.717) is 18.0 Å². The molecule has 11 heteroatoms. The topological polar surface area (TPSA) is 113 Å². The summed E-state index contributed by atoms with van der Waals surface area (Å²) in [4.78, 5) is 44.3. The van der Waals surface area contributed by atoms with E-state index in [2.05, 4.69) is 5.32 Å². The normalized spacial score (nSPS) is 20.1.